The average molecular weight is 290 g/mol. The van der Waals surface area contributed by atoms with Crippen LogP contribution < -0.4 is 5.32 Å². The van der Waals surface area contributed by atoms with Crippen LogP contribution in [0.4, 0.5) is 0 Å². The van der Waals surface area contributed by atoms with Gasteiger partial charge in [0.05, 0.1) is 6.04 Å². The molecule has 1 atom stereocenters. The molecule has 0 fully saturated rings. The molecule has 1 amide bonds. The van der Waals surface area contributed by atoms with E-state index in [9.17, 15) is 4.79 Å². The van der Waals surface area contributed by atoms with E-state index in [-0.39, 0.29) is 18.6 Å². The Labute approximate surface area is 123 Å². The fraction of sp³-hybridized carbons (Fsp3) is 0.188. The van der Waals surface area contributed by atoms with Crippen LogP contribution in [-0.2, 0) is 0 Å². The van der Waals surface area contributed by atoms with Crippen molar-refractivity contribution in [1.29, 1.82) is 0 Å². The summed E-state index contributed by atoms with van der Waals surface area (Å²) < 4.78 is 0. The van der Waals surface area contributed by atoms with Crippen LogP contribution in [0.1, 0.15) is 28.4 Å². The van der Waals surface area contributed by atoms with Gasteiger partial charge in [0.15, 0.2) is 0 Å². The monoisotopic (exact) mass is 289 g/mol. The van der Waals surface area contributed by atoms with Gasteiger partial charge in [0.2, 0.25) is 0 Å². The normalized spacial score (nSPS) is 11.9. The largest absolute Gasteiger partial charge is 0.396 e. The number of benzene rings is 2. The third-order valence-corrected chi connectivity index (χ3v) is 3.25. The van der Waals surface area contributed by atoms with Crippen molar-refractivity contribution in [2.24, 2.45) is 0 Å². The van der Waals surface area contributed by atoms with Crippen LogP contribution in [-0.4, -0.2) is 17.6 Å². The third-order valence-electron chi connectivity index (χ3n) is 3.01. The molecule has 1 unspecified atom stereocenters. The maximum Gasteiger partial charge on any atom is 0.251 e. The number of carbonyl (C=O) groups excluding carboxylic acids is 1. The number of aliphatic hydroxyl groups excluding tert-OH is 1. The summed E-state index contributed by atoms with van der Waals surface area (Å²) in [6.07, 6.45) is 0.469. The standard InChI is InChI=1S/C16H16ClNO2/c17-14-8-4-7-13(11-14)16(20)18-15(9-10-19)12-5-2-1-3-6-12/h1-8,11,15,19H,9-10H2,(H,18,20). The van der Waals surface area contributed by atoms with Gasteiger partial charge in [-0.15, -0.1) is 0 Å². The summed E-state index contributed by atoms with van der Waals surface area (Å²) in [4.78, 5) is 12.2. The molecule has 0 saturated heterocycles. The SMILES string of the molecule is O=C(NC(CCO)c1ccccc1)c1cccc(Cl)c1. The summed E-state index contributed by atoms with van der Waals surface area (Å²) in [7, 11) is 0. The van der Waals surface area contributed by atoms with Gasteiger partial charge in [-0.2, -0.15) is 0 Å². The molecule has 20 heavy (non-hydrogen) atoms. The Balaban J connectivity index is 2.14. The smallest absolute Gasteiger partial charge is 0.251 e. The molecule has 2 aromatic carbocycles. The minimum absolute atomic E-state index is 0.00931. The lowest BCUT2D eigenvalue weighted by Gasteiger charge is -2.18. The predicted molar refractivity (Wildman–Crippen MR) is 79.8 cm³/mol. The Morgan fingerprint density at radius 3 is 2.55 bits per heavy atom. The van der Waals surface area contributed by atoms with Gasteiger partial charge in [0, 0.05) is 17.2 Å². The Morgan fingerprint density at radius 1 is 1.15 bits per heavy atom. The van der Waals surface area contributed by atoms with Gasteiger partial charge in [-0.25, -0.2) is 0 Å². The van der Waals surface area contributed by atoms with E-state index in [4.69, 9.17) is 16.7 Å². The van der Waals surface area contributed by atoms with Crippen molar-refractivity contribution in [3.63, 3.8) is 0 Å². The molecule has 0 heterocycles. The Kier molecular flexibility index (Phi) is 5.16. The molecule has 0 saturated carbocycles. The molecule has 2 N–H and O–H groups in total. The second kappa shape index (κ2) is 7.08. The van der Waals surface area contributed by atoms with Gasteiger partial charge in [0.1, 0.15) is 0 Å². The van der Waals surface area contributed by atoms with Crippen LogP contribution in [0, 0.1) is 0 Å². The quantitative estimate of drug-likeness (QED) is 0.888. The van der Waals surface area contributed by atoms with E-state index in [0.29, 0.717) is 17.0 Å². The first-order chi connectivity index (χ1) is 9.70. The molecule has 3 nitrogen and oxygen atoms in total. The van der Waals surface area contributed by atoms with Gasteiger partial charge in [-0.05, 0) is 30.2 Å². The van der Waals surface area contributed by atoms with Crippen LogP contribution in [0.5, 0.6) is 0 Å². The van der Waals surface area contributed by atoms with Crippen LogP contribution in [0.15, 0.2) is 54.6 Å². The lowest BCUT2D eigenvalue weighted by atomic mass is 10.0. The Morgan fingerprint density at radius 2 is 1.90 bits per heavy atom. The highest BCUT2D eigenvalue weighted by Gasteiger charge is 2.15. The van der Waals surface area contributed by atoms with Crippen molar-refractivity contribution in [1.82, 2.24) is 5.32 Å². The summed E-state index contributed by atoms with van der Waals surface area (Å²) in [5.74, 6) is -0.199. The summed E-state index contributed by atoms with van der Waals surface area (Å²) in [6.45, 7) is 0.00931. The van der Waals surface area contributed by atoms with Gasteiger partial charge < -0.3 is 10.4 Å². The molecular formula is C16H16ClNO2. The molecule has 0 aliphatic heterocycles. The van der Waals surface area contributed by atoms with Crippen molar-refractivity contribution in [3.05, 3.63) is 70.7 Å². The first-order valence-electron chi connectivity index (χ1n) is 6.43. The fourth-order valence-corrected chi connectivity index (χ4v) is 2.20. The van der Waals surface area contributed by atoms with E-state index in [1.54, 1.807) is 24.3 Å². The molecule has 0 spiro atoms. The zero-order valence-electron chi connectivity index (χ0n) is 10.9. The zero-order valence-corrected chi connectivity index (χ0v) is 11.7. The van der Waals surface area contributed by atoms with Gasteiger partial charge >= 0.3 is 0 Å². The number of carbonyl (C=O) groups is 1. The highest BCUT2D eigenvalue weighted by molar-refractivity contribution is 6.30. The topological polar surface area (TPSA) is 49.3 Å². The van der Waals surface area contributed by atoms with E-state index < -0.39 is 0 Å². The zero-order chi connectivity index (χ0) is 14.4. The molecule has 0 aliphatic carbocycles. The number of hydrogen-bond donors (Lipinski definition) is 2. The fourth-order valence-electron chi connectivity index (χ4n) is 2.01. The van der Waals surface area contributed by atoms with Crippen LogP contribution >= 0.6 is 11.6 Å². The molecule has 0 bridgehead atoms. The minimum atomic E-state index is -0.215. The highest BCUT2D eigenvalue weighted by atomic mass is 35.5. The van der Waals surface area contributed by atoms with Gasteiger partial charge in [0.25, 0.3) is 5.91 Å². The molecule has 104 valence electrons. The third kappa shape index (κ3) is 3.83. The lowest BCUT2D eigenvalue weighted by Crippen LogP contribution is -2.29. The summed E-state index contributed by atoms with van der Waals surface area (Å²) >= 11 is 5.88. The Bertz CT molecular complexity index is 572. The van der Waals surface area contributed by atoms with Gasteiger partial charge in [-0.3, -0.25) is 4.79 Å². The first-order valence-corrected chi connectivity index (χ1v) is 6.80. The van der Waals surface area contributed by atoms with E-state index in [2.05, 4.69) is 5.32 Å². The second-order valence-corrected chi connectivity index (χ2v) is 4.90. The molecule has 2 aromatic rings. The van der Waals surface area contributed by atoms with Crippen LogP contribution in [0.25, 0.3) is 0 Å². The minimum Gasteiger partial charge on any atom is -0.396 e. The van der Waals surface area contributed by atoms with Gasteiger partial charge in [-0.1, -0.05) is 48.0 Å². The van der Waals surface area contributed by atoms with E-state index in [0.717, 1.165) is 5.56 Å². The number of amides is 1. The number of hydrogen-bond acceptors (Lipinski definition) is 2. The maximum atomic E-state index is 12.2. The molecule has 0 aromatic heterocycles. The van der Waals surface area contributed by atoms with Crippen LogP contribution in [0.2, 0.25) is 5.02 Å². The van der Waals surface area contributed by atoms with Crippen molar-refractivity contribution in [2.75, 3.05) is 6.61 Å². The van der Waals surface area contributed by atoms with Crippen LogP contribution in [0.3, 0.4) is 0 Å². The molecule has 0 radical (unpaired) electrons. The Hall–Kier alpha value is -1.84. The van der Waals surface area contributed by atoms with Crippen molar-refractivity contribution < 1.29 is 9.90 Å². The average Bonchev–Trinajstić information content (AvgIpc) is 2.47. The van der Waals surface area contributed by atoms with E-state index in [1.807, 2.05) is 30.3 Å². The lowest BCUT2D eigenvalue weighted by molar-refractivity contribution is 0.0930. The molecule has 4 heteroatoms. The highest BCUT2D eigenvalue weighted by Crippen LogP contribution is 2.18. The van der Waals surface area contributed by atoms with Crippen molar-refractivity contribution in [3.8, 4) is 0 Å². The number of halogens is 1. The summed E-state index contributed by atoms with van der Waals surface area (Å²) in [5.41, 5.74) is 1.48. The van der Waals surface area contributed by atoms with Crippen molar-refractivity contribution >= 4 is 17.5 Å². The van der Waals surface area contributed by atoms with E-state index >= 15 is 0 Å². The second-order valence-electron chi connectivity index (χ2n) is 4.46. The number of rotatable bonds is 5. The predicted octanol–water partition coefficient (Wildman–Crippen LogP) is 3.19. The molecule has 0 aliphatic rings. The molecular weight excluding hydrogens is 274 g/mol. The maximum absolute atomic E-state index is 12.2. The molecule has 2 rings (SSSR count). The summed E-state index contributed by atoms with van der Waals surface area (Å²) in [5, 5.41) is 12.6. The first kappa shape index (κ1) is 14.6. The number of nitrogens with one attached hydrogen (secondary N) is 1. The summed E-state index contributed by atoms with van der Waals surface area (Å²) in [6, 6.07) is 16.2. The number of aliphatic hydroxyl groups is 1. The van der Waals surface area contributed by atoms with Crippen molar-refractivity contribution in [2.45, 2.75) is 12.5 Å². The van der Waals surface area contributed by atoms with E-state index in [1.165, 1.54) is 0 Å².